The number of hydrogen-bond donors (Lipinski definition) is 2. The molecule has 2 saturated heterocycles. The molecule has 1 aromatic carbocycles. The Morgan fingerprint density at radius 1 is 1.03 bits per heavy atom. The first-order valence-electron chi connectivity index (χ1n) is 10.7. The van der Waals surface area contributed by atoms with Crippen LogP contribution in [0.4, 0.5) is 0 Å². The van der Waals surface area contributed by atoms with Crippen molar-refractivity contribution in [3.05, 3.63) is 58.9 Å². The third kappa shape index (κ3) is 3.54. The van der Waals surface area contributed by atoms with Crippen molar-refractivity contribution < 1.29 is 14.4 Å². The number of piperidine rings is 2. The molecular formula is C23H26N4O3. The Morgan fingerprint density at radius 3 is 2.60 bits per heavy atom. The highest BCUT2D eigenvalue weighted by Gasteiger charge is 2.39. The van der Waals surface area contributed by atoms with Gasteiger partial charge in [0.15, 0.2) is 0 Å². The average molecular weight is 406 g/mol. The van der Waals surface area contributed by atoms with Gasteiger partial charge in [0.2, 0.25) is 11.8 Å². The summed E-state index contributed by atoms with van der Waals surface area (Å²) in [6.45, 7) is 3.55. The second kappa shape index (κ2) is 7.72. The molecule has 0 aliphatic carbocycles. The number of aromatic amines is 1. The maximum absolute atomic E-state index is 12.9. The van der Waals surface area contributed by atoms with E-state index < -0.39 is 6.04 Å². The number of imide groups is 1. The highest BCUT2D eigenvalue weighted by Crippen LogP contribution is 2.33. The van der Waals surface area contributed by atoms with Gasteiger partial charge in [-0.25, -0.2) is 0 Å². The first kappa shape index (κ1) is 19.1. The molecule has 2 aromatic rings. The number of nitrogens with zero attached hydrogens (tertiary/aromatic N) is 2. The van der Waals surface area contributed by atoms with Crippen molar-refractivity contribution >= 4 is 17.7 Å². The van der Waals surface area contributed by atoms with Gasteiger partial charge in [0.05, 0.1) is 0 Å². The summed E-state index contributed by atoms with van der Waals surface area (Å²) in [6, 6.07) is 7.73. The van der Waals surface area contributed by atoms with Crippen LogP contribution < -0.4 is 5.32 Å². The second-order valence-electron chi connectivity index (χ2n) is 8.59. The minimum atomic E-state index is -0.553. The van der Waals surface area contributed by atoms with Gasteiger partial charge < -0.3 is 9.88 Å². The van der Waals surface area contributed by atoms with E-state index in [9.17, 15) is 14.4 Å². The van der Waals surface area contributed by atoms with Crippen LogP contribution in [0.15, 0.2) is 36.7 Å². The fourth-order valence-corrected chi connectivity index (χ4v) is 4.99. The molecule has 30 heavy (non-hydrogen) atoms. The van der Waals surface area contributed by atoms with Crippen LogP contribution in [-0.2, 0) is 22.7 Å². The summed E-state index contributed by atoms with van der Waals surface area (Å²) in [5.74, 6) is -0.224. The van der Waals surface area contributed by atoms with Crippen LogP contribution in [0.2, 0.25) is 0 Å². The fourth-order valence-electron chi connectivity index (χ4n) is 4.99. The Kier molecular flexibility index (Phi) is 4.90. The van der Waals surface area contributed by atoms with Crippen molar-refractivity contribution in [1.29, 1.82) is 0 Å². The SMILES string of the molecule is O=C1CCC(N2Cc3cc(C4CCN(Cc5cc[nH]c5)CC4)ccc3C2=O)C(=O)N1. The third-order valence-corrected chi connectivity index (χ3v) is 6.68. The lowest BCUT2D eigenvalue weighted by Crippen LogP contribution is -2.52. The standard InChI is InChI=1S/C23H26N4O3/c28-21-4-3-20(22(29)25-21)27-14-18-11-17(1-2-19(18)23(27)30)16-6-9-26(10-7-16)13-15-5-8-24-12-15/h1-2,5,8,11-12,16,20,24H,3-4,6-7,9-10,13-14H2,(H,25,28,29). The zero-order valence-electron chi connectivity index (χ0n) is 16.9. The van der Waals surface area contributed by atoms with Crippen LogP contribution >= 0.6 is 0 Å². The highest BCUT2D eigenvalue weighted by molar-refractivity contribution is 6.05. The fraction of sp³-hybridized carbons (Fsp3) is 0.435. The van der Waals surface area contributed by atoms with Gasteiger partial charge in [-0.3, -0.25) is 24.6 Å². The minimum absolute atomic E-state index is 0.104. The number of nitrogens with one attached hydrogen (secondary N) is 2. The van der Waals surface area contributed by atoms with Crippen LogP contribution in [-0.4, -0.2) is 51.6 Å². The molecule has 1 aromatic heterocycles. The molecule has 0 saturated carbocycles. The molecule has 7 nitrogen and oxygen atoms in total. The number of aromatic nitrogens is 1. The summed E-state index contributed by atoms with van der Waals surface area (Å²) < 4.78 is 0. The monoisotopic (exact) mass is 406 g/mol. The van der Waals surface area contributed by atoms with E-state index in [4.69, 9.17) is 0 Å². The number of carbonyl (C=O) groups is 3. The summed E-state index contributed by atoms with van der Waals surface area (Å²) in [5.41, 5.74) is 4.29. The molecule has 1 atom stereocenters. The topological polar surface area (TPSA) is 85.5 Å². The van der Waals surface area contributed by atoms with Crippen molar-refractivity contribution in [2.24, 2.45) is 0 Å². The van der Waals surface area contributed by atoms with Crippen LogP contribution in [0.5, 0.6) is 0 Å². The maximum Gasteiger partial charge on any atom is 0.255 e. The van der Waals surface area contributed by atoms with Gasteiger partial charge in [-0.1, -0.05) is 12.1 Å². The maximum atomic E-state index is 12.9. The Morgan fingerprint density at radius 2 is 1.87 bits per heavy atom. The summed E-state index contributed by atoms with van der Waals surface area (Å²) in [7, 11) is 0. The van der Waals surface area contributed by atoms with E-state index in [0.29, 0.717) is 24.4 Å². The number of H-pyrrole nitrogens is 1. The second-order valence-corrected chi connectivity index (χ2v) is 8.59. The van der Waals surface area contributed by atoms with Gasteiger partial charge >= 0.3 is 0 Å². The van der Waals surface area contributed by atoms with Crippen molar-refractivity contribution in [2.75, 3.05) is 13.1 Å². The summed E-state index contributed by atoms with van der Waals surface area (Å²) in [4.78, 5) is 43.7. The molecule has 0 radical (unpaired) electrons. The Labute approximate surface area is 175 Å². The molecule has 7 heteroatoms. The molecule has 5 rings (SSSR count). The van der Waals surface area contributed by atoms with E-state index in [-0.39, 0.29) is 24.1 Å². The molecular weight excluding hydrogens is 380 g/mol. The smallest absolute Gasteiger partial charge is 0.255 e. The quantitative estimate of drug-likeness (QED) is 0.762. The summed E-state index contributed by atoms with van der Waals surface area (Å²) >= 11 is 0. The van der Waals surface area contributed by atoms with Crippen LogP contribution in [0.1, 0.15) is 58.6 Å². The zero-order chi connectivity index (χ0) is 20.7. The van der Waals surface area contributed by atoms with E-state index in [1.165, 1.54) is 11.1 Å². The predicted molar refractivity (Wildman–Crippen MR) is 111 cm³/mol. The van der Waals surface area contributed by atoms with Crippen molar-refractivity contribution in [2.45, 2.75) is 50.7 Å². The molecule has 4 heterocycles. The van der Waals surface area contributed by atoms with Crippen LogP contribution in [0.3, 0.4) is 0 Å². The van der Waals surface area contributed by atoms with Gasteiger partial charge in [-0.2, -0.15) is 0 Å². The summed E-state index contributed by atoms with van der Waals surface area (Å²) in [5, 5.41) is 2.36. The number of carbonyl (C=O) groups excluding carboxylic acids is 3. The van der Waals surface area contributed by atoms with Gasteiger partial charge in [-0.05, 0) is 67.1 Å². The molecule has 1 unspecified atom stereocenters. The van der Waals surface area contributed by atoms with E-state index in [1.807, 2.05) is 12.3 Å². The van der Waals surface area contributed by atoms with Crippen LogP contribution in [0.25, 0.3) is 0 Å². The largest absolute Gasteiger partial charge is 0.367 e. The Bertz CT molecular complexity index is 976. The lowest BCUT2D eigenvalue weighted by atomic mass is 9.88. The number of likely N-dealkylation sites (tertiary alicyclic amines) is 1. The van der Waals surface area contributed by atoms with Gasteiger partial charge in [0.1, 0.15) is 6.04 Å². The van der Waals surface area contributed by atoms with Crippen LogP contribution in [0, 0.1) is 0 Å². The van der Waals surface area contributed by atoms with E-state index in [0.717, 1.165) is 38.0 Å². The van der Waals surface area contributed by atoms with Gasteiger partial charge in [0.25, 0.3) is 5.91 Å². The molecule has 3 aliphatic heterocycles. The molecule has 0 spiro atoms. The Hall–Kier alpha value is -2.93. The molecule has 3 aliphatic rings. The first-order chi connectivity index (χ1) is 14.6. The van der Waals surface area contributed by atoms with Gasteiger partial charge in [0, 0.05) is 37.5 Å². The number of amides is 3. The lowest BCUT2D eigenvalue weighted by Gasteiger charge is -2.32. The molecule has 0 bridgehead atoms. The van der Waals surface area contributed by atoms with E-state index in [2.05, 4.69) is 39.6 Å². The molecule has 3 amide bonds. The molecule has 2 fully saturated rings. The zero-order valence-corrected chi connectivity index (χ0v) is 16.9. The minimum Gasteiger partial charge on any atom is -0.367 e. The van der Waals surface area contributed by atoms with E-state index >= 15 is 0 Å². The molecule has 2 N–H and O–H groups in total. The Balaban J connectivity index is 1.25. The van der Waals surface area contributed by atoms with Crippen molar-refractivity contribution in [3.63, 3.8) is 0 Å². The average Bonchev–Trinajstić information content (AvgIpc) is 3.36. The number of hydrogen-bond acceptors (Lipinski definition) is 4. The van der Waals surface area contributed by atoms with E-state index in [1.54, 1.807) is 4.90 Å². The number of fused-ring (bicyclic) bond motifs is 1. The molecule has 156 valence electrons. The van der Waals surface area contributed by atoms with Crippen molar-refractivity contribution in [1.82, 2.24) is 20.1 Å². The first-order valence-corrected chi connectivity index (χ1v) is 10.7. The van der Waals surface area contributed by atoms with Crippen molar-refractivity contribution in [3.8, 4) is 0 Å². The third-order valence-electron chi connectivity index (χ3n) is 6.68. The normalized spacial score (nSPS) is 23.0. The summed E-state index contributed by atoms with van der Waals surface area (Å²) in [6.07, 6.45) is 6.91. The predicted octanol–water partition coefficient (Wildman–Crippen LogP) is 2.16. The highest BCUT2D eigenvalue weighted by atomic mass is 16.2. The van der Waals surface area contributed by atoms with Gasteiger partial charge in [-0.15, -0.1) is 0 Å². The number of benzene rings is 1. The number of rotatable bonds is 4. The lowest BCUT2D eigenvalue weighted by molar-refractivity contribution is -0.136.